The predicted octanol–water partition coefficient (Wildman–Crippen LogP) is 1.14. The standard InChI is InChI=1S/C12H27N3/c1-5-6-12(3,13)10-15-8-7-14(4)9-11(15)2/h11H,5-10,13H2,1-4H3. The third-order valence-electron chi connectivity index (χ3n) is 3.35. The Balaban J connectivity index is 2.43. The zero-order valence-electron chi connectivity index (χ0n) is 10.8. The van der Waals surface area contributed by atoms with Gasteiger partial charge in [0.15, 0.2) is 0 Å². The van der Waals surface area contributed by atoms with Crippen molar-refractivity contribution in [3.63, 3.8) is 0 Å². The molecule has 1 rings (SSSR count). The fourth-order valence-corrected chi connectivity index (χ4v) is 2.53. The molecule has 0 aromatic carbocycles. The highest BCUT2D eigenvalue weighted by Gasteiger charge is 2.27. The molecule has 2 unspecified atom stereocenters. The number of hydrogen-bond donors (Lipinski definition) is 1. The van der Waals surface area contributed by atoms with Crippen molar-refractivity contribution >= 4 is 0 Å². The SMILES string of the molecule is CCCC(C)(N)CN1CCN(C)CC1C. The Morgan fingerprint density at radius 2 is 2.07 bits per heavy atom. The molecule has 1 aliphatic rings. The Hall–Kier alpha value is -0.120. The highest BCUT2D eigenvalue weighted by molar-refractivity contribution is 4.87. The van der Waals surface area contributed by atoms with Gasteiger partial charge in [0.25, 0.3) is 0 Å². The summed E-state index contributed by atoms with van der Waals surface area (Å²) in [6.45, 7) is 11.2. The summed E-state index contributed by atoms with van der Waals surface area (Å²) in [6, 6.07) is 0.642. The molecule has 15 heavy (non-hydrogen) atoms. The van der Waals surface area contributed by atoms with E-state index in [1.165, 1.54) is 19.5 Å². The van der Waals surface area contributed by atoms with Gasteiger partial charge < -0.3 is 10.6 Å². The minimum atomic E-state index is -0.0150. The van der Waals surface area contributed by atoms with E-state index in [-0.39, 0.29) is 5.54 Å². The first-order valence-electron chi connectivity index (χ1n) is 6.16. The number of nitrogens with two attached hydrogens (primary N) is 1. The maximum Gasteiger partial charge on any atom is 0.0254 e. The van der Waals surface area contributed by atoms with Gasteiger partial charge in [-0.2, -0.15) is 0 Å². The van der Waals surface area contributed by atoms with Gasteiger partial charge in [-0.25, -0.2) is 0 Å². The summed E-state index contributed by atoms with van der Waals surface area (Å²) in [5.74, 6) is 0. The zero-order valence-corrected chi connectivity index (χ0v) is 10.8. The van der Waals surface area contributed by atoms with Crippen LogP contribution in [0.15, 0.2) is 0 Å². The summed E-state index contributed by atoms with van der Waals surface area (Å²) in [7, 11) is 2.20. The minimum Gasteiger partial charge on any atom is -0.324 e. The van der Waals surface area contributed by atoms with Crippen molar-refractivity contribution in [2.75, 3.05) is 33.2 Å². The fourth-order valence-electron chi connectivity index (χ4n) is 2.53. The van der Waals surface area contributed by atoms with Gasteiger partial charge in [-0.1, -0.05) is 13.3 Å². The second kappa shape index (κ2) is 5.28. The molecular weight excluding hydrogens is 186 g/mol. The van der Waals surface area contributed by atoms with E-state index in [9.17, 15) is 0 Å². The van der Waals surface area contributed by atoms with Gasteiger partial charge in [-0.15, -0.1) is 0 Å². The molecule has 0 aliphatic carbocycles. The Labute approximate surface area is 94.6 Å². The molecule has 0 saturated carbocycles. The summed E-state index contributed by atoms with van der Waals surface area (Å²) >= 11 is 0. The number of rotatable bonds is 4. The Kier molecular flexibility index (Phi) is 4.56. The first-order valence-corrected chi connectivity index (χ1v) is 6.16. The maximum absolute atomic E-state index is 6.30. The van der Waals surface area contributed by atoms with Crippen LogP contribution in [0.3, 0.4) is 0 Å². The van der Waals surface area contributed by atoms with E-state index < -0.39 is 0 Å². The lowest BCUT2D eigenvalue weighted by atomic mass is 9.95. The van der Waals surface area contributed by atoms with Crippen LogP contribution in [0.1, 0.15) is 33.6 Å². The molecular formula is C12H27N3. The lowest BCUT2D eigenvalue weighted by Gasteiger charge is -2.42. The van der Waals surface area contributed by atoms with Crippen molar-refractivity contribution in [2.45, 2.75) is 45.2 Å². The average molecular weight is 213 g/mol. The molecule has 2 N–H and O–H groups in total. The second-order valence-electron chi connectivity index (χ2n) is 5.49. The number of hydrogen-bond acceptors (Lipinski definition) is 3. The molecule has 2 atom stereocenters. The molecule has 1 saturated heterocycles. The molecule has 90 valence electrons. The van der Waals surface area contributed by atoms with Gasteiger partial charge in [0, 0.05) is 37.8 Å². The van der Waals surface area contributed by atoms with Crippen LogP contribution in [0.2, 0.25) is 0 Å². The van der Waals surface area contributed by atoms with Crippen LogP contribution in [-0.4, -0.2) is 54.6 Å². The van der Waals surface area contributed by atoms with Crippen LogP contribution in [-0.2, 0) is 0 Å². The lowest BCUT2D eigenvalue weighted by Crippen LogP contribution is -2.57. The smallest absolute Gasteiger partial charge is 0.0254 e. The topological polar surface area (TPSA) is 32.5 Å². The van der Waals surface area contributed by atoms with Gasteiger partial charge in [-0.3, -0.25) is 4.90 Å². The molecule has 1 heterocycles. The highest BCUT2D eigenvalue weighted by atomic mass is 15.3. The summed E-state index contributed by atoms with van der Waals surface area (Å²) in [6.07, 6.45) is 2.29. The van der Waals surface area contributed by atoms with Crippen molar-refractivity contribution in [3.05, 3.63) is 0 Å². The van der Waals surface area contributed by atoms with E-state index in [1.807, 2.05) is 0 Å². The second-order valence-corrected chi connectivity index (χ2v) is 5.49. The predicted molar refractivity (Wildman–Crippen MR) is 66.0 cm³/mol. The van der Waals surface area contributed by atoms with Crippen LogP contribution >= 0.6 is 0 Å². The fraction of sp³-hybridized carbons (Fsp3) is 1.00. The van der Waals surface area contributed by atoms with Crippen molar-refractivity contribution in [2.24, 2.45) is 5.73 Å². The molecule has 0 aromatic rings. The van der Waals surface area contributed by atoms with E-state index in [4.69, 9.17) is 5.73 Å². The summed E-state index contributed by atoms with van der Waals surface area (Å²) in [5.41, 5.74) is 6.28. The zero-order chi connectivity index (χ0) is 11.5. The third kappa shape index (κ3) is 4.09. The van der Waals surface area contributed by atoms with Gasteiger partial charge in [0.2, 0.25) is 0 Å². The molecule has 0 spiro atoms. The largest absolute Gasteiger partial charge is 0.324 e. The quantitative estimate of drug-likeness (QED) is 0.760. The number of likely N-dealkylation sites (N-methyl/N-ethyl adjacent to an activating group) is 1. The van der Waals surface area contributed by atoms with Crippen LogP contribution in [0, 0.1) is 0 Å². The van der Waals surface area contributed by atoms with Crippen LogP contribution < -0.4 is 5.73 Å². The molecule has 0 radical (unpaired) electrons. The summed E-state index contributed by atoms with van der Waals surface area (Å²) in [4.78, 5) is 4.94. The molecule has 3 heteroatoms. The highest BCUT2D eigenvalue weighted by Crippen LogP contribution is 2.15. The van der Waals surface area contributed by atoms with E-state index in [2.05, 4.69) is 37.6 Å². The lowest BCUT2D eigenvalue weighted by molar-refractivity contribution is 0.0789. The monoisotopic (exact) mass is 213 g/mol. The molecule has 0 aromatic heterocycles. The molecule has 0 amide bonds. The molecule has 0 bridgehead atoms. The molecule has 3 nitrogen and oxygen atoms in total. The van der Waals surface area contributed by atoms with Crippen molar-refractivity contribution in [1.29, 1.82) is 0 Å². The van der Waals surface area contributed by atoms with Crippen LogP contribution in [0.5, 0.6) is 0 Å². The van der Waals surface area contributed by atoms with Gasteiger partial charge >= 0.3 is 0 Å². The van der Waals surface area contributed by atoms with Crippen LogP contribution in [0.25, 0.3) is 0 Å². The summed E-state index contributed by atoms with van der Waals surface area (Å²) in [5, 5.41) is 0. The first kappa shape index (κ1) is 12.9. The number of nitrogens with zero attached hydrogens (tertiary/aromatic N) is 2. The van der Waals surface area contributed by atoms with Crippen LogP contribution in [0.4, 0.5) is 0 Å². The third-order valence-corrected chi connectivity index (χ3v) is 3.35. The minimum absolute atomic E-state index is 0.0150. The van der Waals surface area contributed by atoms with Crippen molar-refractivity contribution < 1.29 is 0 Å². The van der Waals surface area contributed by atoms with E-state index in [1.54, 1.807) is 0 Å². The van der Waals surface area contributed by atoms with Gasteiger partial charge in [0.1, 0.15) is 0 Å². The first-order chi connectivity index (χ1) is 6.94. The average Bonchev–Trinajstić information content (AvgIpc) is 2.09. The van der Waals surface area contributed by atoms with E-state index >= 15 is 0 Å². The van der Waals surface area contributed by atoms with Gasteiger partial charge in [0.05, 0.1) is 0 Å². The Morgan fingerprint density at radius 3 is 2.60 bits per heavy atom. The molecule has 1 aliphatic heterocycles. The van der Waals surface area contributed by atoms with Crippen molar-refractivity contribution in [1.82, 2.24) is 9.80 Å². The Bertz CT molecular complexity index is 191. The normalized spacial score (nSPS) is 29.0. The van der Waals surface area contributed by atoms with Crippen molar-refractivity contribution in [3.8, 4) is 0 Å². The van der Waals surface area contributed by atoms with Gasteiger partial charge in [-0.05, 0) is 27.3 Å². The van der Waals surface area contributed by atoms with E-state index in [0.717, 1.165) is 19.5 Å². The number of piperazine rings is 1. The van der Waals surface area contributed by atoms with E-state index in [0.29, 0.717) is 6.04 Å². The molecule has 1 fully saturated rings. The maximum atomic E-state index is 6.30. The summed E-state index contributed by atoms with van der Waals surface area (Å²) < 4.78 is 0. The Morgan fingerprint density at radius 1 is 1.40 bits per heavy atom.